The van der Waals surface area contributed by atoms with E-state index in [9.17, 15) is 9.90 Å². The number of ketones is 1. The van der Waals surface area contributed by atoms with Gasteiger partial charge in [-0.15, -0.1) is 0 Å². The molecule has 21 heavy (non-hydrogen) atoms. The van der Waals surface area contributed by atoms with E-state index in [0.717, 1.165) is 32.1 Å². The molecule has 0 bridgehead atoms. The van der Waals surface area contributed by atoms with Crippen LogP contribution in [0.25, 0.3) is 0 Å². The Labute approximate surface area is 127 Å². The molecule has 0 aromatic rings. The molecule has 0 saturated heterocycles. The topological polar surface area (TPSA) is 37.3 Å². The van der Waals surface area contributed by atoms with Gasteiger partial charge in [0.25, 0.3) is 0 Å². The molecule has 2 heteroatoms. The van der Waals surface area contributed by atoms with Gasteiger partial charge in [0.15, 0.2) is 5.78 Å². The summed E-state index contributed by atoms with van der Waals surface area (Å²) in [6.07, 6.45) is 10.2. The van der Waals surface area contributed by atoms with Gasteiger partial charge < -0.3 is 5.11 Å². The largest absolute Gasteiger partial charge is 0.392 e. The smallest absolute Gasteiger partial charge is 0.155 e. The molecule has 0 amide bonds. The third-order valence-electron chi connectivity index (χ3n) is 6.99. The van der Waals surface area contributed by atoms with Gasteiger partial charge in [-0.25, -0.2) is 0 Å². The van der Waals surface area contributed by atoms with Gasteiger partial charge in [-0.05, 0) is 61.9 Å². The summed E-state index contributed by atoms with van der Waals surface area (Å²) in [6, 6.07) is 0. The first-order valence-corrected chi connectivity index (χ1v) is 8.62. The Morgan fingerprint density at radius 2 is 2.14 bits per heavy atom. The highest BCUT2D eigenvalue weighted by Crippen LogP contribution is 2.61. The van der Waals surface area contributed by atoms with E-state index in [1.165, 1.54) is 12.0 Å². The fourth-order valence-corrected chi connectivity index (χ4v) is 5.88. The molecule has 2 fully saturated rings. The Bertz CT molecular complexity index is 544. The molecule has 4 rings (SSSR count). The van der Waals surface area contributed by atoms with Crippen LogP contribution >= 0.6 is 0 Å². The number of aliphatic hydroxyl groups excluding tert-OH is 1. The molecule has 4 aliphatic carbocycles. The van der Waals surface area contributed by atoms with Crippen LogP contribution < -0.4 is 0 Å². The Balaban J connectivity index is 1.71. The third kappa shape index (κ3) is 1.84. The van der Waals surface area contributed by atoms with E-state index in [-0.39, 0.29) is 11.5 Å². The Kier molecular flexibility index (Phi) is 2.98. The molecular weight excluding hydrogens is 260 g/mol. The molecule has 114 valence electrons. The summed E-state index contributed by atoms with van der Waals surface area (Å²) < 4.78 is 0. The zero-order valence-corrected chi connectivity index (χ0v) is 13.1. The van der Waals surface area contributed by atoms with Crippen LogP contribution in [0, 0.1) is 29.1 Å². The van der Waals surface area contributed by atoms with E-state index >= 15 is 0 Å². The van der Waals surface area contributed by atoms with Crippen molar-refractivity contribution in [2.24, 2.45) is 29.1 Å². The second-order valence-electron chi connectivity index (χ2n) is 8.07. The molecule has 0 radical (unpaired) electrons. The number of hydrogen-bond donors (Lipinski definition) is 1. The van der Waals surface area contributed by atoms with Gasteiger partial charge in [0.05, 0.1) is 6.10 Å². The number of carbonyl (C=O) groups excluding carboxylic acids is 1. The molecule has 0 aromatic heterocycles. The minimum atomic E-state index is -0.175. The van der Waals surface area contributed by atoms with Crippen LogP contribution in [-0.2, 0) is 4.79 Å². The fraction of sp³-hybridized carbons (Fsp3) is 0.737. The van der Waals surface area contributed by atoms with Crippen molar-refractivity contribution in [3.05, 3.63) is 23.3 Å². The van der Waals surface area contributed by atoms with Crippen LogP contribution in [0.5, 0.6) is 0 Å². The Morgan fingerprint density at radius 3 is 2.95 bits per heavy atom. The molecule has 1 N–H and O–H groups in total. The minimum Gasteiger partial charge on any atom is -0.392 e. The van der Waals surface area contributed by atoms with Gasteiger partial charge in [0, 0.05) is 11.8 Å². The number of aliphatic hydroxyl groups is 1. The molecule has 0 spiro atoms. The van der Waals surface area contributed by atoms with Crippen LogP contribution in [0.15, 0.2) is 23.3 Å². The maximum Gasteiger partial charge on any atom is 0.155 e. The van der Waals surface area contributed by atoms with E-state index < -0.39 is 0 Å². The van der Waals surface area contributed by atoms with Crippen molar-refractivity contribution in [1.82, 2.24) is 0 Å². The van der Waals surface area contributed by atoms with Crippen LogP contribution in [0.2, 0.25) is 0 Å². The summed E-state index contributed by atoms with van der Waals surface area (Å²) in [5.74, 6) is 2.92. The summed E-state index contributed by atoms with van der Waals surface area (Å²) in [5.41, 5.74) is 3.01. The van der Waals surface area contributed by atoms with Crippen LogP contribution in [-0.4, -0.2) is 17.0 Å². The second kappa shape index (κ2) is 4.55. The quantitative estimate of drug-likeness (QED) is 0.690. The standard InChI is InChI=1S/C19H26O2/c1-11-9-12-10-13(20)3-4-14(12)15-7-8-19(2)16(18(11)15)5-6-17(19)21/h5,10-11,14-15,17-18,21H,3-4,6-9H2,1-2H3/t11-,14+,15-,17+,18-,19+/m1/s1. The number of fused-ring (bicyclic) bond motifs is 5. The third-order valence-corrected chi connectivity index (χ3v) is 6.99. The lowest BCUT2D eigenvalue weighted by atomic mass is 9.51. The van der Waals surface area contributed by atoms with Crippen LogP contribution in [0.1, 0.15) is 52.4 Å². The predicted octanol–water partition coefficient (Wildman–Crippen LogP) is 3.66. The molecular formula is C19H26O2. The zero-order valence-electron chi connectivity index (χ0n) is 13.1. The van der Waals surface area contributed by atoms with Crippen molar-refractivity contribution in [1.29, 1.82) is 0 Å². The number of rotatable bonds is 0. The minimum absolute atomic E-state index is 0.0289. The fourth-order valence-electron chi connectivity index (χ4n) is 5.88. The van der Waals surface area contributed by atoms with Gasteiger partial charge in [-0.3, -0.25) is 4.79 Å². The maximum absolute atomic E-state index is 11.7. The van der Waals surface area contributed by atoms with Crippen molar-refractivity contribution < 1.29 is 9.90 Å². The molecule has 0 aliphatic heterocycles. The van der Waals surface area contributed by atoms with E-state index in [1.54, 1.807) is 5.57 Å². The van der Waals surface area contributed by atoms with Gasteiger partial charge in [-0.1, -0.05) is 31.1 Å². The molecule has 6 atom stereocenters. The van der Waals surface area contributed by atoms with Crippen molar-refractivity contribution in [2.75, 3.05) is 0 Å². The summed E-state index contributed by atoms with van der Waals surface area (Å²) >= 11 is 0. The molecule has 4 aliphatic rings. The predicted molar refractivity (Wildman–Crippen MR) is 82.6 cm³/mol. The lowest BCUT2D eigenvalue weighted by molar-refractivity contribution is -0.115. The average molecular weight is 286 g/mol. The summed E-state index contributed by atoms with van der Waals surface area (Å²) in [7, 11) is 0. The molecule has 0 unspecified atom stereocenters. The van der Waals surface area contributed by atoms with E-state index in [0.29, 0.717) is 29.5 Å². The van der Waals surface area contributed by atoms with Crippen molar-refractivity contribution >= 4 is 5.78 Å². The Morgan fingerprint density at radius 1 is 1.33 bits per heavy atom. The zero-order chi connectivity index (χ0) is 14.8. The molecule has 0 heterocycles. The SMILES string of the molecule is C[C@@H]1CC2=CC(=O)CC[C@@H]2[C@H]2CC[C@@]3(C)C(=CC[C@@H]3O)[C@@H]21. The molecule has 2 saturated carbocycles. The first-order chi connectivity index (χ1) is 10.0. The maximum atomic E-state index is 11.7. The van der Waals surface area contributed by atoms with Gasteiger partial charge >= 0.3 is 0 Å². The van der Waals surface area contributed by atoms with Crippen molar-refractivity contribution in [3.63, 3.8) is 0 Å². The highest BCUT2D eigenvalue weighted by atomic mass is 16.3. The van der Waals surface area contributed by atoms with Gasteiger partial charge in [-0.2, -0.15) is 0 Å². The normalized spacial score (nSPS) is 48.9. The van der Waals surface area contributed by atoms with E-state index in [2.05, 4.69) is 19.9 Å². The summed E-state index contributed by atoms with van der Waals surface area (Å²) in [4.78, 5) is 11.7. The lowest BCUT2D eigenvalue weighted by Crippen LogP contribution is -2.46. The lowest BCUT2D eigenvalue weighted by Gasteiger charge is -2.53. The second-order valence-corrected chi connectivity index (χ2v) is 8.07. The molecule has 0 aromatic carbocycles. The summed E-state index contributed by atoms with van der Waals surface area (Å²) in [5, 5.41) is 10.4. The van der Waals surface area contributed by atoms with Crippen LogP contribution in [0.4, 0.5) is 0 Å². The Hall–Kier alpha value is -0.890. The highest BCUT2D eigenvalue weighted by Gasteiger charge is 2.53. The highest BCUT2D eigenvalue weighted by molar-refractivity contribution is 5.91. The van der Waals surface area contributed by atoms with Crippen molar-refractivity contribution in [3.8, 4) is 0 Å². The van der Waals surface area contributed by atoms with Crippen molar-refractivity contribution in [2.45, 2.75) is 58.5 Å². The van der Waals surface area contributed by atoms with E-state index in [4.69, 9.17) is 0 Å². The van der Waals surface area contributed by atoms with Crippen LogP contribution in [0.3, 0.4) is 0 Å². The number of carbonyl (C=O) groups is 1. The van der Waals surface area contributed by atoms with E-state index in [1.807, 2.05) is 6.08 Å². The first kappa shape index (κ1) is 13.8. The average Bonchev–Trinajstić information content (AvgIpc) is 2.74. The summed E-state index contributed by atoms with van der Waals surface area (Å²) in [6.45, 7) is 4.63. The number of allylic oxidation sites excluding steroid dienone is 2. The van der Waals surface area contributed by atoms with Gasteiger partial charge in [0.2, 0.25) is 0 Å². The molecule has 2 nitrogen and oxygen atoms in total. The monoisotopic (exact) mass is 286 g/mol. The van der Waals surface area contributed by atoms with Gasteiger partial charge in [0.1, 0.15) is 0 Å². The first-order valence-electron chi connectivity index (χ1n) is 8.62. The number of hydrogen-bond acceptors (Lipinski definition) is 2.